The van der Waals surface area contributed by atoms with E-state index in [1.807, 2.05) is 0 Å². The Bertz CT molecular complexity index is 251. The second-order valence-corrected chi connectivity index (χ2v) is 7.10. The minimum Gasteiger partial charge on any atom is -0.379 e. The maximum atomic E-state index is 11.7. The van der Waals surface area contributed by atoms with Crippen LogP contribution in [-0.2, 0) is 14.8 Å². The summed E-state index contributed by atoms with van der Waals surface area (Å²) in [6.45, 7) is 1.89. The molecule has 0 bridgehead atoms. The molecule has 0 aromatic carbocycles. The Balaban J connectivity index is 2.67. The normalized spacial score (nSPS) is 22.9. The van der Waals surface area contributed by atoms with Crippen molar-refractivity contribution in [2.75, 3.05) is 31.6 Å². The van der Waals surface area contributed by atoms with Crippen molar-refractivity contribution >= 4 is 41.9 Å². The molecule has 0 spiro atoms. The fourth-order valence-electron chi connectivity index (χ4n) is 1.04. The molecule has 7 heteroatoms. The summed E-state index contributed by atoms with van der Waals surface area (Å²) in [5, 5.41) is 0.396. The Morgan fingerprint density at radius 1 is 1.38 bits per heavy atom. The number of hydrogen-bond acceptors (Lipinski definition) is 3. The van der Waals surface area contributed by atoms with Gasteiger partial charge in [0.15, 0.2) is 0 Å². The van der Waals surface area contributed by atoms with E-state index < -0.39 is 14.2 Å². The van der Waals surface area contributed by atoms with Crippen LogP contribution in [0.2, 0.25) is 0 Å². The van der Waals surface area contributed by atoms with Gasteiger partial charge in [0, 0.05) is 18.4 Å². The highest BCUT2D eigenvalue weighted by atomic mass is 79.9. The van der Waals surface area contributed by atoms with Crippen LogP contribution in [0.4, 0.5) is 0 Å². The first-order valence-electron chi connectivity index (χ1n) is 3.86. The van der Waals surface area contributed by atoms with Crippen molar-refractivity contribution in [3.05, 3.63) is 0 Å². The number of rotatable bonds is 3. The second kappa shape index (κ2) is 5.06. The van der Waals surface area contributed by atoms with Gasteiger partial charge in [-0.25, -0.2) is 8.42 Å². The largest absolute Gasteiger partial charge is 0.379 e. The van der Waals surface area contributed by atoms with Gasteiger partial charge in [-0.05, 0) is 0 Å². The van der Waals surface area contributed by atoms with Crippen molar-refractivity contribution in [1.82, 2.24) is 4.31 Å². The van der Waals surface area contributed by atoms with E-state index in [1.165, 1.54) is 4.31 Å². The van der Waals surface area contributed by atoms with Crippen LogP contribution in [0.3, 0.4) is 0 Å². The number of nitrogens with zero attached hydrogens (tertiary/aromatic N) is 1. The van der Waals surface area contributed by atoms with Crippen LogP contribution < -0.4 is 0 Å². The van der Waals surface area contributed by atoms with Gasteiger partial charge in [-0.3, -0.25) is 0 Å². The van der Waals surface area contributed by atoms with Crippen LogP contribution in [0.5, 0.6) is 0 Å². The van der Waals surface area contributed by atoms with Crippen molar-refractivity contribution < 1.29 is 13.2 Å². The number of hydrogen-bond donors (Lipinski definition) is 0. The summed E-state index contributed by atoms with van der Waals surface area (Å²) in [6, 6.07) is 0. The molecule has 0 aromatic heterocycles. The molecule has 0 aromatic rings. The van der Waals surface area contributed by atoms with Crippen molar-refractivity contribution in [2.45, 2.75) is 4.16 Å². The molecule has 1 saturated heterocycles. The summed E-state index contributed by atoms with van der Waals surface area (Å²) in [5.41, 5.74) is 0. The molecule has 1 fully saturated rings. The molecule has 0 saturated carbocycles. The van der Waals surface area contributed by atoms with Gasteiger partial charge in [-0.1, -0.05) is 31.9 Å². The Kier molecular flexibility index (Phi) is 4.64. The van der Waals surface area contributed by atoms with Crippen LogP contribution in [0.1, 0.15) is 0 Å². The van der Waals surface area contributed by atoms with Gasteiger partial charge in [0.25, 0.3) is 0 Å². The highest BCUT2D eigenvalue weighted by molar-refractivity contribution is 9.13. The third-order valence-electron chi connectivity index (χ3n) is 1.77. The van der Waals surface area contributed by atoms with Gasteiger partial charge in [0.2, 0.25) is 10.0 Å². The zero-order valence-electron chi connectivity index (χ0n) is 6.95. The minimum atomic E-state index is -3.19. The lowest BCUT2D eigenvalue weighted by Gasteiger charge is -2.27. The minimum absolute atomic E-state index is 0.396. The number of sulfonamides is 1. The third kappa shape index (κ3) is 2.89. The number of ether oxygens (including phenoxy) is 1. The molecular weight excluding hydrogens is 326 g/mol. The molecule has 1 rings (SSSR count). The monoisotopic (exact) mass is 335 g/mol. The van der Waals surface area contributed by atoms with Crippen LogP contribution >= 0.6 is 31.9 Å². The fraction of sp³-hybridized carbons (Fsp3) is 1.00. The Labute approximate surface area is 94.9 Å². The van der Waals surface area contributed by atoms with E-state index in [9.17, 15) is 8.42 Å². The van der Waals surface area contributed by atoms with E-state index in [-0.39, 0.29) is 0 Å². The summed E-state index contributed by atoms with van der Waals surface area (Å²) in [6.07, 6.45) is 0. The standard InChI is InChI=1S/C6H11Br2NO3S/c7-5-6(8)13(10,11)9-1-3-12-4-2-9/h6H,1-5H2. The molecule has 0 aliphatic carbocycles. The molecule has 1 atom stereocenters. The van der Waals surface area contributed by atoms with Crippen molar-refractivity contribution in [1.29, 1.82) is 0 Å². The molecule has 0 N–H and O–H groups in total. The second-order valence-electron chi connectivity index (χ2n) is 2.62. The van der Waals surface area contributed by atoms with Crippen LogP contribution in [-0.4, -0.2) is 48.5 Å². The highest BCUT2D eigenvalue weighted by Gasteiger charge is 2.30. The fourth-order valence-corrected chi connectivity index (χ4v) is 3.89. The number of halogens is 2. The first-order valence-corrected chi connectivity index (χ1v) is 7.40. The SMILES string of the molecule is O=S(=O)(C(Br)CBr)N1CCOCC1. The summed E-state index contributed by atoms with van der Waals surface area (Å²) in [4.78, 5) is 0. The quantitative estimate of drug-likeness (QED) is 0.715. The Hall–Kier alpha value is 0.830. The number of alkyl halides is 2. The van der Waals surface area contributed by atoms with E-state index in [1.54, 1.807) is 0 Å². The molecule has 1 unspecified atom stereocenters. The van der Waals surface area contributed by atoms with Crippen molar-refractivity contribution in [2.24, 2.45) is 0 Å². The Morgan fingerprint density at radius 3 is 2.38 bits per heavy atom. The molecule has 78 valence electrons. The lowest BCUT2D eigenvalue weighted by atomic mass is 10.5. The predicted molar refractivity (Wildman–Crippen MR) is 57.8 cm³/mol. The van der Waals surface area contributed by atoms with Gasteiger partial charge in [-0.15, -0.1) is 0 Å². The van der Waals surface area contributed by atoms with E-state index in [4.69, 9.17) is 4.74 Å². The molecule has 1 aliphatic heterocycles. The summed E-state index contributed by atoms with van der Waals surface area (Å²) < 4.78 is 29.4. The third-order valence-corrected chi connectivity index (χ3v) is 7.36. The predicted octanol–water partition coefficient (Wildman–Crippen LogP) is 0.764. The topological polar surface area (TPSA) is 46.6 Å². The van der Waals surface area contributed by atoms with E-state index in [2.05, 4.69) is 31.9 Å². The van der Waals surface area contributed by atoms with Crippen molar-refractivity contribution in [3.63, 3.8) is 0 Å². The average molecular weight is 337 g/mol. The van der Waals surface area contributed by atoms with Gasteiger partial charge >= 0.3 is 0 Å². The highest BCUT2D eigenvalue weighted by Crippen LogP contribution is 2.17. The lowest BCUT2D eigenvalue weighted by Crippen LogP contribution is -2.44. The van der Waals surface area contributed by atoms with Gasteiger partial charge in [0.1, 0.15) is 4.16 Å². The summed E-state index contributed by atoms with van der Waals surface area (Å²) >= 11 is 6.25. The van der Waals surface area contributed by atoms with Crippen LogP contribution in [0.15, 0.2) is 0 Å². The molecule has 1 heterocycles. The van der Waals surface area contributed by atoms with E-state index in [0.29, 0.717) is 31.6 Å². The van der Waals surface area contributed by atoms with Crippen molar-refractivity contribution in [3.8, 4) is 0 Å². The summed E-state index contributed by atoms with van der Waals surface area (Å²) in [7, 11) is -3.19. The zero-order chi connectivity index (χ0) is 9.90. The van der Waals surface area contributed by atoms with Gasteiger partial charge in [0.05, 0.1) is 13.2 Å². The smallest absolute Gasteiger partial charge is 0.228 e. The molecule has 0 radical (unpaired) electrons. The maximum Gasteiger partial charge on any atom is 0.228 e. The lowest BCUT2D eigenvalue weighted by molar-refractivity contribution is 0.0730. The van der Waals surface area contributed by atoms with Gasteiger partial charge in [-0.2, -0.15) is 4.31 Å². The zero-order valence-corrected chi connectivity index (χ0v) is 10.9. The van der Waals surface area contributed by atoms with Gasteiger partial charge < -0.3 is 4.74 Å². The maximum absolute atomic E-state index is 11.7. The molecular formula is C6H11Br2NO3S. The average Bonchev–Trinajstić information content (AvgIpc) is 2.18. The van der Waals surface area contributed by atoms with Crippen LogP contribution in [0.25, 0.3) is 0 Å². The molecule has 4 nitrogen and oxygen atoms in total. The molecule has 1 aliphatic rings. The first-order chi connectivity index (χ1) is 6.09. The van der Waals surface area contributed by atoms with E-state index in [0.717, 1.165) is 0 Å². The number of morpholine rings is 1. The molecule has 13 heavy (non-hydrogen) atoms. The first kappa shape index (κ1) is 11.9. The Morgan fingerprint density at radius 2 is 1.92 bits per heavy atom. The van der Waals surface area contributed by atoms with Crippen LogP contribution in [0, 0.1) is 0 Å². The molecule has 0 amide bonds. The summed E-state index contributed by atoms with van der Waals surface area (Å²) in [5.74, 6) is 0. The van der Waals surface area contributed by atoms with E-state index >= 15 is 0 Å².